The molecule has 4 heteroatoms. The molecule has 0 heterocycles. The lowest BCUT2D eigenvalue weighted by Gasteiger charge is -2.14. The molecular weight excluding hydrogens is 168 g/mol. The molecule has 0 aliphatic heterocycles. The third-order valence-electron chi connectivity index (χ3n) is 1.66. The van der Waals surface area contributed by atoms with Crippen LogP contribution in [0.25, 0.3) is 0 Å². The first-order valence-corrected chi connectivity index (χ1v) is 3.75. The number of benzene rings is 1. The maximum atomic E-state index is 11.1. The summed E-state index contributed by atoms with van der Waals surface area (Å²) in [7, 11) is 1.50. The molecule has 0 saturated carbocycles. The minimum absolute atomic E-state index is 0.645. The van der Waals surface area contributed by atoms with E-state index >= 15 is 0 Å². The molecule has 0 saturated heterocycles. The Morgan fingerprint density at radius 3 is 2.23 bits per heavy atom. The van der Waals surface area contributed by atoms with Gasteiger partial charge in [0, 0.05) is 12.7 Å². The molecule has 0 radical (unpaired) electrons. The first-order valence-electron chi connectivity index (χ1n) is 3.75. The number of anilines is 1. The van der Waals surface area contributed by atoms with Crippen molar-refractivity contribution >= 4 is 17.5 Å². The van der Waals surface area contributed by atoms with Gasteiger partial charge in [0.25, 0.3) is 0 Å². The summed E-state index contributed by atoms with van der Waals surface area (Å²) >= 11 is 0. The fourth-order valence-corrected chi connectivity index (χ4v) is 0.934. The number of para-hydroxylation sites is 1. The highest BCUT2D eigenvalue weighted by Crippen LogP contribution is 2.10. The number of primary amides is 1. The molecule has 1 rings (SSSR count). The van der Waals surface area contributed by atoms with Gasteiger partial charge < -0.3 is 10.6 Å². The van der Waals surface area contributed by atoms with E-state index in [1.807, 2.05) is 6.07 Å². The molecule has 0 aliphatic rings. The zero-order valence-electron chi connectivity index (χ0n) is 7.23. The van der Waals surface area contributed by atoms with Crippen LogP contribution in [0.4, 0.5) is 5.69 Å². The summed E-state index contributed by atoms with van der Waals surface area (Å²) < 4.78 is 0. The molecule has 0 aliphatic carbocycles. The van der Waals surface area contributed by atoms with Crippen LogP contribution >= 0.6 is 0 Å². The monoisotopic (exact) mass is 178 g/mol. The number of carbonyl (C=O) groups excluding carboxylic acids is 2. The molecule has 4 nitrogen and oxygen atoms in total. The summed E-state index contributed by atoms with van der Waals surface area (Å²) in [5.41, 5.74) is 5.49. The number of nitrogens with two attached hydrogens (primary N) is 1. The maximum Gasteiger partial charge on any atom is 0.315 e. The van der Waals surface area contributed by atoms with Crippen LogP contribution < -0.4 is 10.6 Å². The summed E-state index contributed by atoms with van der Waals surface area (Å²) in [6, 6.07) is 8.83. The summed E-state index contributed by atoms with van der Waals surface area (Å²) in [6.07, 6.45) is 0. The van der Waals surface area contributed by atoms with Crippen molar-refractivity contribution in [3.8, 4) is 0 Å². The summed E-state index contributed by atoms with van der Waals surface area (Å²) in [6.45, 7) is 0. The lowest BCUT2D eigenvalue weighted by Crippen LogP contribution is -2.37. The van der Waals surface area contributed by atoms with Gasteiger partial charge in [-0.25, -0.2) is 0 Å². The van der Waals surface area contributed by atoms with E-state index in [0.717, 1.165) is 0 Å². The lowest BCUT2D eigenvalue weighted by atomic mass is 10.3. The van der Waals surface area contributed by atoms with Crippen molar-refractivity contribution in [2.24, 2.45) is 5.73 Å². The average Bonchev–Trinajstić information content (AvgIpc) is 2.17. The fourth-order valence-electron chi connectivity index (χ4n) is 0.934. The van der Waals surface area contributed by atoms with Crippen LogP contribution in [0.3, 0.4) is 0 Å². The van der Waals surface area contributed by atoms with Gasteiger partial charge in [0.2, 0.25) is 0 Å². The van der Waals surface area contributed by atoms with Gasteiger partial charge in [-0.2, -0.15) is 0 Å². The van der Waals surface area contributed by atoms with Crippen molar-refractivity contribution in [2.75, 3.05) is 11.9 Å². The van der Waals surface area contributed by atoms with Crippen molar-refractivity contribution in [3.05, 3.63) is 30.3 Å². The Balaban J connectivity index is 2.86. The van der Waals surface area contributed by atoms with Gasteiger partial charge in [0.15, 0.2) is 0 Å². The zero-order valence-corrected chi connectivity index (χ0v) is 7.23. The predicted molar refractivity (Wildman–Crippen MR) is 49.0 cm³/mol. The van der Waals surface area contributed by atoms with Gasteiger partial charge in [0.05, 0.1) is 0 Å². The quantitative estimate of drug-likeness (QED) is 0.621. The van der Waals surface area contributed by atoms with E-state index < -0.39 is 11.8 Å². The van der Waals surface area contributed by atoms with E-state index in [0.29, 0.717) is 5.69 Å². The summed E-state index contributed by atoms with van der Waals surface area (Å²) in [5.74, 6) is -1.67. The van der Waals surface area contributed by atoms with Gasteiger partial charge in [0.1, 0.15) is 0 Å². The third-order valence-corrected chi connectivity index (χ3v) is 1.66. The van der Waals surface area contributed by atoms with Crippen LogP contribution in [0.2, 0.25) is 0 Å². The van der Waals surface area contributed by atoms with Crippen molar-refractivity contribution < 1.29 is 9.59 Å². The van der Waals surface area contributed by atoms with Crippen molar-refractivity contribution in [2.45, 2.75) is 0 Å². The van der Waals surface area contributed by atoms with Crippen molar-refractivity contribution in [1.82, 2.24) is 0 Å². The van der Waals surface area contributed by atoms with E-state index in [2.05, 4.69) is 0 Å². The topological polar surface area (TPSA) is 63.4 Å². The molecule has 0 atom stereocenters. The molecule has 0 spiro atoms. The first-order chi connectivity index (χ1) is 6.13. The number of amides is 2. The Morgan fingerprint density at radius 2 is 1.77 bits per heavy atom. The smallest absolute Gasteiger partial charge is 0.315 e. The van der Waals surface area contributed by atoms with Gasteiger partial charge in [-0.05, 0) is 12.1 Å². The molecule has 0 fully saturated rings. The Kier molecular flexibility index (Phi) is 2.64. The van der Waals surface area contributed by atoms with E-state index in [4.69, 9.17) is 5.73 Å². The highest BCUT2D eigenvalue weighted by molar-refractivity contribution is 6.39. The molecule has 2 N–H and O–H groups in total. The minimum atomic E-state index is -0.952. The van der Waals surface area contributed by atoms with Gasteiger partial charge in [-0.1, -0.05) is 18.2 Å². The predicted octanol–water partition coefficient (Wildman–Crippen LogP) is 0.135. The molecule has 0 bridgehead atoms. The summed E-state index contributed by atoms with van der Waals surface area (Å²) in [4.78, 5) is 22.9. The molecule has 13 heavy (non-hydrogen) atoms. The standard InChI is InChI=1S/C9H10N2O2/c1-11(9(13)8(10)12)7-5-3-2-4-6-7/h2-6H,1H3,(H2,10,12). The Labute approximate surface area is 75.9 Å². The number of hydrogen-bond donors (Lipinski definition) is 1. The van der Waals surface area contributed by atoms with Crippen LogP contribution in [0, 0.1) is 0 Å². The number of carbonyl (C=O) groups is 2. The Morgan fingerprint density at radius 1 is 1.23 bits per heavy atom. The van der Waals surface area contributed by atoms with E-state index in [1.54, 1.807) is 24.3 Å². The number of likely N-dealkylation sites (N-methyl/N-ethyl adjacent to an activating group) is 1. The molecule has 2 amide bonds. The molecular formula is C9H10N2O2. The molecule has 1 aromatic carbocycles. The molecule has 68 valence electrons. The Bertz CT molecular complexity index is 322. The molecule has 1 aromatic rings. The van der Waals surface area contributed by atoms with Crippen LogP contribution in [0.5, 0.6) is 0 Å². The van der Waals surface area contributed by atoms with Crippen molar-refractivity contribution in [1.29, 1.82) is 0 Å². The lowest BCUT2D eigenvalue weighted by molar-refractivity contribution is -0.135. The maximum absolute atomic E-state index is 11.1. The van der Waals surface area contributed by atoms with E-state index in [-0.39, 0.29) is 0 Å². The van der Waals surface area contributed by atoms with Crippen LogP contribution in [0.15, 0.2) is 30.3 Å². The van der Waals surface area contributed by atoms with Crippen molar-refractivity contribution in [3.63, 3.8) is 0 Å². The van der Waals surface area contributed by atoms with Gasteiger partial charge >= 0.3 is 11.8 Å². The normalized spacial score (nSPS) is 9.31. The first kappa shape index (κ1) is 9.25. The number of nitrogens with zero attached hydrogens (tertiary/aromatic N) is 1. The SMILES string of the molecule is CN(C(=O)C(N)=O)c1ccccc1. The average molecular weight is 178 g/mol. The van der Waals surface area contributed by atoms with Crippen LogP contribution in [-0.4, -0.2) is 18.9 Å². The Hall–Kier alpha value is -1.84. The molecule has 0 unspecified atom stereocenters. The molecule has 0 aromatic heterocycles. The fraction of sp³-hybridized carbons (Fsp3) is 0.111. The highest BCUT2D eigenvalue weighted by atomic mass is 16.2. The largest absolute Gasteiger partial charge is 0.361 e. The van der Waals surface area contributed by atoms with E-state index in [1.165, 1.54) is 11.9 Å². The van der Waals surface area contributed by atoms with Gasteiger partial charge in [-0.15, -0.1) is 0 Å². The highest BCUT2D eigenvalue weighted by Gasteiger charge is 2.15. The second-order valence-electron chi connectivity index (χ2n) is 2.56. The third kappa shape index (κ3) is 2.05. The second-order valence-corrected chi connectivity index (χ2v) is 2.56. The van der Waals surface area contributed by atoms with E-state index in [9.17, 15) is 9.59 Å². The van der Waals surface area contributed by atoms with Crippen LogP contribution in [-0.2, 0) is 9.59 Å². The minimum Gasteiger partial charge on any atom is -0.361 e. The number of hydrogen-bond acceptors (Lipinski definition) is 2. The van der Waals surface area contributed by atoms with Gasteiger partial charge in [-0.3, -0.25) is 9.59 Å². The van der Waals surface area contributed by atoms with Crippen LogP contribution in [0.1, 0.15) is 0 Å². The number of rotatable bonds is 1. The second kappa shape index (κ2) is 3.71. The summed E-state index contributed by atoms with van der Waals surface area (Å²) in [5, 5.41) is 0. The zero-order chi connectivity index (χ0) is 9.84.